The number of likely N-dealkylation sites (tertiary alicyclic amines) is 1. The first-order valence-electron chi connectivity index (χ1n) is 3.55. The van der Waals surface area contributed by atoms with Crippen molar-refractivity contribution in [2.75, 3.05) is 13.6 Å². The number of rotatable bonds is 0. The second kappa shape index (κ2) is 1.27. The summed E-state index contributed by atoms with van der Waals surface area (Å²) in [5.41, 5.74) is 0.736. The average Bonchev–Trinajstić information content (AvgIpc) is 2.39. The van der Waals surface area contributed by atoms with E-state index >= 15 is 0 Å². The van der Waals surface area contributed by atoms with Crippen LogP contribution in [0.5, 0.6) is 0 Å². The molecule has 1 saturated carbocycles. The minimum Gasteiger partial charge on any atom is -0.301 e. The van der Waals surface area contributed by atoms with Gasteiger partial charge in [0.2, 0.25) is 0 Å². The van der Waals surface area contributed by atoms with Crippen LogP contribution in [-0.4, -0.2) is 24.0 Å². The maximum atomic E-state index is 2.53. The number of hydrogen-bond acceptors (Lipinski definition) is 1. The Morgan fingerprint density at radius 1 is 1.25 bits per heavy atom. The molecule has 1 saturated heterocycles. The fourth-order valence-corrected chi connectivity index (χ4v) is 1.85. The molecule has 0 N–H and O–H groups in total. The van der Waals surface area contributed by atoms with Crippen molar-refractivity contribution in [1.82, 2.24) is 4.90 Å². The van der Waals surface area contributed by atoms with Crippen LogP contribution in [0.15, 0.2) is 0 Å². The molecule has 0 aromatic heterocycles. The third-order valence-electron chi connectivity index (χ3n) is 2.77. The van der Waals surface area contributed by atoms with Gasteiger partial charge in [0.1, 0.15) is 0 Å². The van der Waals surface area contributed by atoms with E-state index in [1.807, 2.05) is 0 Å². The topological polar surface area (TPSA) is 3.24 Å². The Kier molecular flexibility index (Phi) is 0.762. The van der Waals surface area contributed by atoms with E-state index in [-0.39, 0.29) is 0 Å². The van der Waals surface area contributed by atoms with E-state index in [0.29, 0.717) is 0 Å². The highest BCUT2D eigenvalue weighted by Crippen LogP contribution is 2.48. The Labute approximate surface area is 50.7 Å². The highest BCUT2D eigenvalue weighted by atomic mass is 15.2. The lowest BCUT2D eigenvalue weighted by atomic mass is 10.2. The summed E-state index contributed by atoms with van der Waals surface area (Å²) in [7, 11) is 2.26. The standard InChI is InChI=1S/C7H13N/c1-8-6-2-3-7(8)4-5-7/h2-6H2,1H3. The van der Waals surface area contributed by atoms with Crippen LogP contribution in [0.1, 0.15) is 25.7 Å². The quantitative estimate of drug-likeness (QED) is 0.454. The minimum atomic E-state index is 0.736. The normalized spacial score (nSPS) is 34.1. The zero-order valence-electron chi connectivity index (χ0n) is 5.48. The van der Waals surface area contributed by atoms with E-state index in [0.717, 1.165) is 5.54 Å². The Bertz CT molecular complexity index is 105. The fourth-order valence-electron chi connectivity index (χ4n) is 1.85. The van der Waals surface area contributed by atoms with Gasteiger partial charge in [-0.15, -0.1) is 0 Å². The van der Waals surface area contributed by atoms with Gasteiger partial charge < -0.3 is 4.90 Å². The van der Waals surface area contributed by atoms with Crippen LogP contribution in [0.4, 0.5) is 0 Å². The van der Waals surface area contributed by atoms with E-state index < -0.39 is 0 Å². The summed E-state index contributed by atoms with van der Waals surface area (Å²) in [6.45, 7) is 1.35. The summed E-state index contributed by atoms with van der Waals surface area (Å²) in [4.78, 5) is 2.53. The zero-order chi connectivity index (χ0) is 5.61. The number of nitrogens with zero attached hydrogens (tertiary/aromatic N) is 1. The highest BCUT2D eigenvalue weighted by Gasteiger charge is 2.48. The molecule has 46 valence electrons. The van der Waals surface area contributed by atoms with Crippen molar-refractivity contribution in [3.05, 3.63) is 0 Å². The largest absolute Gasteiger partial charge is 0.301 e. The molecule has 1 aliphatic carbocycles. The lowest BCUT2D eigenvalue weighted by molar-refractivity contribution is 0.291. The molecule has 2 rings (SSSR count). The average molecular weight is 111 g/mol. The Morgan fingerprint density at radius 3 is 2.25 bits per heavy atom. The molecule has 1 aliphatic heterocycles. The molecule has 1 nitrogen and oxygen atoms in total. The first-order chi connectivity index (χ1) is 3.83. The van der Waals surface area contributed by atoms with Gasteiger partial charge in [0, 0.05) is 5.54 Å². The van der Waals surface area contributed by atoms with Gasteiger partial charge in [-0.25, -0.2) is 0 Å². The van der Waals surface area contributed by atoms with E-state index in [1.54, 1.807) is 0 Å². The molecule has 8 heavy (non-hydrogen) atoms. The van der Waals surface area contributed by atoms with Crippen LogP contribution in [0, 0.1) is 0 Å². The van der Waals surface area contributed by atoms with Crippen LogP contribution >= 0.6 is 0 Å². The third-order valence-corrected chi connectivity index (χ3v) is 2.77. The van der Waals surface area contributed by atoms with Gasteiger partial charge in [0.25, 0.3) is 0 Å². The van der Waals surface area contributed by atoms with Crippen LogP contribution in [-0.2, 0) is 0 Å². The Balaban J connectivity index is 2.12. The van der Waals surface area contributed by atoms with Gasteiger partial charge >= 0.3 is 0 Å². The molecular weight excluding hydrogens is 98.1 g/mol. The van der Waals surface area contributed by atoms with Gasteiger partial charge in [0.05, 0.1) is 0 Å². The zero-order valence-corrected chi connectivity index (χ0v) is 5.48. The highest BCUT2D eigenvalue weighted by molar-refractivity contribution is 5.05. The molecule has 1 spiro atoms. The molecule has 2 aliphatic rings. The van der Waals surface area contributed by atoms with Crippen molar-refractivity contribution < 1.29 is 0 Å². The van der Waals surface area contributed by atoms with Crippen LogP contribution < -0.4 is 0 Å². The van der Waals surface area contributed by atoms with E-state index in [9.17, 15) is 0 Å². The summed E-state index contributed by atoms with van der Waals surface area (Å²) < 4.78 is 0. The van der Waals surface area contributed by atoms with Gasteiger partial charge in [-0.05, 0) is 39.3 Å². The molecule has 1 heterocycles. The monoisotopic (exact) mass is 111 g/mol. The predicted molar refractivity (Wildman–Crippen MR) is 33.8 cm³/mol. The van der Waals surface area contributed by atoms with Crippen molar-refractivity contribution in [1.29, 1.82) is 0 Å². The summed E-state index contributed by atoms with van der Waals surface area (Å²) in [6.07, 6.45) is 5.87. The van der Waals surface area contributed by atoms with E-state index in [4.69, 9.17) is 0 Å². The maximum Gasteiger partial charge on any atom is 0.0208 e. The molecule has 0 aromatic rings. The third kappa shape index (κ3) is 0.455. The molecule has 0 radical (unpaired) electrons. The predicted octanol–water partition coefficient (Wildman–Crippen LogP) is 1.24. The second-order valence-corrected chi connectivity index (χ2v) is 3.25. The van der Waals surface area contributed by atoms with Crippen LogP contribution in [0.3, 0.4) is 0 Å². The Hall–Kier alpha value is -0.0400. The first-order valence-corrected chi connectivity index (χ1v) is 3.55. The van der Waals surface area contributed by atoms with Crippen LogP contribution in [0.2, 0.25) is 0 Å². The molecular formula is C7H13N. The number of hydrogen-bond donors (Lipinski definition) is 0. The molecule has 0 unspecified atom stereocenters. The van der Waals surface area contributed by atoms with E-state index in [2.05, 4.69) is 11.9 Å². The van der Waals surface area contributed by atoms with Crippen LogP contribution in [0.25, 0.3) is 0 Å². The van der Waals surface area contributed by atoms with Gasteiger partial charge in [-0.3, -0.25) is 0 Å². The smallest absolute Gasteiger partial charge is 0.0208 e. The molecule has 0 bridgehead atoms. The van der Waals surface area contributed by atoms with Crippen molar-refractivity contribution in [3.63, 3.8) is 0 Å². The molecule has 0 amide bonds. The van der Waals surface area contributed by atoms with Crippen molar-refractivity contribution >= 4 is 0 Å². The lowest BCUT2D eigenvalue weighted by Crippen LogP contribution is -2.25. The van der Waals surface area contributed by atoms with Crippen molar-refractivity contribution in [2.45, 2.75) is 31.2 Å². The maximum absolute atomic E-state index is 2.53. The summed E-state index contributed by atoms with van der Waals surface area (Å²) in [6, 6.07) is 0. The Morgan fingerprint density at radius 2 is 2.00 bits per heavy atom. The molecule has 1 heteroatoms. The lowest BCUT2D eigenvalue weighted by Gasteiger charge is -2.16. The molecule has 0 aromatic carbocycles. The SMILES string of the molecule is CN1CCCC12CC2. The molecule has 0 atom stereocenters. The minimum absolute atomic E-state index is 0.736. The van der Waals surface area contributed by atoms with Crippen molar-refractivity contribution in [3.8, 4) is 0 Å². The second-order valence-electron chi connectivity index (χ2n) is 3.25. The summed E-state index contributed by atoms with van der Waals surface area (Å²) in [5, 5.41) is 0. The summed E-state index contributed by atoms with van der Waals surface area (Å²) >= 11 is 0. The first kappa shape index (κ1) is 4.80. The summed E-state index contributed by atoms with van der Waals surface area (Å²) in [5.74, 6) is 0. The van der Waals surface area contributed by atoms with Gasteiger partial charge in [0.15, 0.2) is 0 Å². The van der Waals surface area contributed by atoms with E-state index in [1.165, 1.54) is 32.2 Å². The van der Waals surface area contributed by atoms with Gasteiger partial charge in [-0.2, -0.15) is 0 Å². The van der Waals surface area contributed by atoms with Gasteiger partial charge in [-0.1, -0.05) is 0 Å². The van der Waals surface area contributed by atoms with Crippen molar-refractivity contribution in [2.24, 2.45) is 0 Å². The molecule has 2 fully saturated rings. The fraction of sp³-hybridized carbons (Fsp3) is 1.00.